The van der Waals surface area contributed by atoms with Crippen molar-refractivity contribution in [2.75, 3.05) is 0 Å². The molecule has 2 aromatic carbocycles. The van der Waals surface area contributed by atoms with Crippen LogP contribution in [0, 0.1) is 5.92 Å². The molecule has 0 saturated heterocycles. The number of hydrogen-bond donors (Lipinski definition) is 0. The van der Waals surface area contributed by atoms with Gasteiger partial charge in [0.05, 0.1) is 0 Å². The van der Waals surface area contributed by atoms with Crippen LogP contribution in [0.4, 0.5) is 0 Å². The second-order valence-corrected chi connectivity index (χ2v) is 5.65. The van der Waals surface area contributed by atoms with E-state index in [2.05, 4.69) is 64.1 Å². The van der Waals surface area contributed by atoms with Gasteiger partial charge < -0.3 is 0 Å². The van der Waals surface area contributed by atoms with Crippen molar-refractivity contribution in [3.8, 4) is 0 Å². The number of fused-ring (bicyclic) bond motifs is 1. The van der Waals surface area contributed by atoms with E-state index in [4.69, 9.17) is 0 Å². The summed E-state index contributed by atoms with van der Waals surface area (Å²) in [6, 6.07) is 13.4. The molecule has 0 heteroatoms. The quantitative estimate of drug-likeness (QED) is 0.678. The van der Waals surface area contributed by atoms with Crippen LogP contribution in [0.15, 0.2) is 36.4 Å². The zero-order valence-electron chi connectivity index (χ0n) is 11.3. The van der Waals surface area contributed by atoms with Crippen LogP contribution in [0.1, 0.15) is 44.7 Å². The van der Waals surface area contributed by atoms with Gasteiger partial charge in [0.25, 0.3) is 0 Å². The van der Waals surface area contributed by atoms with Gasteiger partial charge in [0.15, 0.2) is 0 Å². The highest BCUT2D eigenvalue weighted by Gasteiger charge is 2.09. The Morgan fingerprint density at radius 1 is 0.882 bits per heavy atom. The van der Waals surface area contributed by atoms with Crippen molar-refractivity contribution in [1.82, 2.24) is 0 Å². The maximum absolute atomic E-state index is 2.38. The molecule has 17 heavy (non-hydrogen) atoms. The third-order valence-electron chi connectivity index (χ3n) is 3.26. The predicted octanol–water partition coefficient (Wildman–Crippen LogP) is 5.16. The van der Waals surface area contributed by atoms with Gasteiger partial charge in [0, 0.05) is 0 Å². The summed E-state index contributed by atoms with van der Waals surface area (Å²) < 4.78 is 0. The zero-order valence-corrected chi connectivity index (χ0v) is 11.3. The van der Waals surface area contributed by atoms with Gasteiger partial charge in [-0.3, -0.25) is 0 Å². The summed E-state index contributed by atoms with van der Waals surface area (Å²) >= 11 is 0. The van der Waals surface area contributed by atoms with Gasteiger partial charge in [-0.1, -0.05) is 64.1 Å². The molecule has 2 aromatic rings. The Morgan fingerprint density at radius 3 is 2.00 bits per heavy atom. The molecule has 0 aliphatic carbocycles. The SMILES string of the molecule is CC(C)Cc1cc2ccccc2cc1C(C)C. The average molecular weight is 226 g/mol. The van der Waals surface area contributed by atoms with Crippen LogP contribution >= 0.6 is 0 Å². The minimum absolute atomic E-state index is 0.605. The van der Waals surface area contributed by atoms with Crippen LogP contribution in [0.25, 0.3) is 10.8 Å². The Balaban J connectivity index is 2.58. The standard InChI is InChI=1S/C17H22/c1-12(2)9-16-10-14-7-5-6-8-15(14)11-17(16)13(3)4/h5-8,10-13H,9H2,1-4H3. The molecule has 0 aliphatic heterocycles. The zero-order chi connectivity index (χ0) is 12.4. The van der Waals surface area contributed by atoms with Crippen molar-refractivity contribution in [2.24, 2.45) is 5.92 Å². The highest BCUT2D eigenvalue weighted by atomic mass is 14.1. The molecule has 0 nitrogen and oxygen atoms in total. The maximum atomic E-state index is 2.38. The van der Waals surface area contributed by atoms with Crippen LogP contribution < -0.4 is 0 Å². The van der Waals surface area contributed by atoms with E-state index in [1.807, 2.05) is 0 Å². The summed E-state index contributed by atoms with van der Waals surface area (Å²) in [5, 5.41) is 2.73. The monoisotopic (exact) mass is 226 g/mol. The number of benzene rings is 2. The van der Waals surface area contributed by atoms with E-state index in [0.717, 1.165) is 0 Å². The van der Waals surface area contributed by atoms with Gasteiger partial charge in [-0.05, 0) is 40.2 Å². The lowest BCUT2D eigenvalue weighted by Gasteiger charge is -2.16. The van der Waals surface area contributed by atoms with E-state index >= 15 is 0 Å². The molecule has 0 spiro atoms. The topological polar surface area (TPSA) is 0 Å². The number of rotatable bonds is 3. The van der Waals surface area contributed by atoms with E-state index in [0.29, 0.717) is 11.8 Å². The van der Waals surface area contributed by atoms with Gasteiger partial charge in [-0.25, -0.2) is 0 Å². The average Bonchev–Trinajstić information content (AvgIpc) is 2.27. The Labute approximate surface area is 105 Å². The van der Waals surface area contributed by atoms with Crippen LogP contribution in [0.5, 0.6) is 0 Å². The minimum atomic E-state index is 0.605. The molecule has 0 fully saturated rings. The molecule has 0 amide bonds. The lowest BCUT2D eigenvalue weighted by atomic mass is 9.89. The Hall–Kier alpha value is -1.30. The largest absolute Gasteiger partial charge is 0.0625 e. The minimum Gasteiger partial charge on any atom is -0.0625 e. The Kier molecular flexibility index (Phi) is 3.51. The summed E-state index contributed by atoms with van der Waals surface area (Å²) in [6.45, 7) is 9.15. The molecular formula is C17H22. The first-order valence-corrected chi connectivity index (χ1v) is 6.59. The van der Waals surface area contributed by atoms with Crippen LogP contribution in [0.3, 0.4) is 0 Å². The van der Waals surface area contributed by atoms with Crippen molar-refractivity contribution >= 4 is 10.8 Å². The maximum Gasteiger partial charge on any atom is -0.0181 e. The van der Waals surface area contributed by atoms with Gasteiger partial charge in [0.2, 0.25) is 0 Å². The van der Waals surface area contributed by atoms with Gasteiger partial charge in [-0.15, -0.1) is 0 Å². The molecule has 0 saturated carbocycles. The van der Waals surface area contributed by atoms with Crippen molar-refractivity contribution in [1.29, 1.82) is 0 Å². The highest BCUT2D eigenvalue weighted by Crippen LogP contribution is 2.27. The van der Waals surface area contributed by atoms with E-state index < -0.39 is 0 Å². The Bertz CT molecular complexity index is 506. The second kappa shape index (κ2) is 4.91. The molecule has 0 unspecified atom stereocenters. The normalized spacial score (nSPS) is 11.6. The summed E-state index contributed by atoms with van der Waals surface area (Å²) in [4.78, 5) is 0. The van der Waals surface area contributed by atoms with E-state index in [9.17, 15) is 0 Å². The highest BCUT2D eigenvalue weighted by molar-refractivity contribution is 5.84. The van der Waals surface area contributed by atoms with Gasteiger partial charge in [0.1, 0.15) is 0 Å². The molecule has 0 N–H and O–H groups in total. The molecule has 90 valence electrons. The van der Waals surface area contributed by atoms with E-state index in [1.165, 1.54) is 28.3 Å². The second-order valence-electron chi connectivity index (χ2n) is 5.65. The van der Waals surface area contributed by atoms with Crippen LogP contribution in [0.2, 0.25) is 0 Å². The van der Waals surface area contributed by atoms with Crippen molar-refractivity contribution < 1.29 is 0 Å². The lowest BCUT2D eigenvalue weighted by molar-refractivity contribution is 0.639. The first kappa shape index (κ1) is 12.2. The molecule has 2 rings (SSSR count). The Morgan fingerprint density at radius 2 is 1.47 bits per heavy atom. The van der Waals surface area contributed by atoms with E-state index in [-0.39, 0.29) is 0 Å². The molecule has 0 bridgehead atoms. The first-order valence-electron chi connectivity index (χ1n) is 6.59. The summed E-state index contributed by atoms with van der Waals surface area (Å²) in [7, 11) is 0. The molecule has 0 heterocycles. The van der Waals surface area contributed by atoms with Crippen LogP contribution in [-0.4, -0.2) is 0 Å². The van der Waals surface area contributed by atoms with Crippen molar-refractivity contribution in [3.63, 3.8) is 0 Å². The van der Waals surface area contributed by atoms with E-state index in [1.54, 1.807) is 0 Å². The molecule has 0 atom stereocenters. The first-order chi connectivity index (χ1) is 8.08. The third kappa shape index (κ3) is 2.69. The fraction of sp³-hybridized carbons (Fsp3) is 0.412. The third-order valence-corrected chi connectivity index (χ3v) is 3.26. The van der Waals surface area contributed by atoms with Gasteiger partial charge in [-0.2, -0.15) is 0 Å². The summed E-state index contributed by atoms with van der Waals surface area (Å²) in [6.07, 6.45) is 1.18. The van der Waals surface area contributed by atoms with Crippen molar-refractivity contribution in [3.05, 3.63) is 47.5 Å². The lowest BCUT2D eigenvalue weighted by Crippen LogP contribution is -2.01. The molecule has 0 aliphatic rings. The fourth-order valence-corrected chi connectivity index (χ4v) is 2.46. The summed E-state index contributed by atoms with van der Waals surface area (Å²) in [5.41, 5.74) is 3.03. The van der Waals surface area contributed by atoms with Gasteiger partial charge >= 0.3 is 0 Å². The molecule has 0 aromatic heterocycles. The fourth-order valence-electron chi connectivity index (χ4n) is 2.46. The van der Waals surface area contributed by atoms with Crippen LogP contribution in [-0.2, 0) is 6.42 Å². The molecule has 0 radical (unpaired) electrons. The van der Waals surface area contributed by atoms with Crippen molar-refractivity contribution in [2.45, 2.75) is 40.0 Å². The predicted molar refractivity (Wildman–Crippen MR) is 76.6 cm³/mol. The summed E-state index contributed by atoms with van der Waals surface area (Å²) in [5.74, 6) is 1.32. The smallest absolute Gasteiger partial charge is 0.0181 e. The number of hydrogen-bond acceptors (Lipinski definition) is 0. The molecular weight excluding hydrogens is 204 g/mol.